The summed E-state index contributed by atoms with van der Waals surface area (Å²) in [5, 5.41) is 12.4. The molecule has 0 aliphatic carbocycles. The zero-order chi connectivity index (χ0) is 13.3. The Morgan fingerprint density at radius 1 is 1.50 bits per heavy atom. The van der Waals surface area contributed by atoms with E-state index in [2.05, 4.69) is 37.2 Å². The fourth-order valence-corrected chi connectivity index (χ4v) is 3.16. The van der Waals surface area contributed by atoms with E-state index in [1.807, 2.05) is 23.1 Å². The molecule has 0 spiro atoms. The average molecular weight is 378 g/mol. The van der Waals surface area contributed by atoms with Crippen molar-refractivity contribution in [1.29, 1.82) is 0 Å². The topological polar surface area (TPSA) is 52.6 Å². The smallest absolute Gasteiger partial charge is 0.238 e. The highest BCUT2D eigenvalue weighted by molar-refractivity contribution is 9.11. The maximum atomic E-state index is 11.8. The zero-order valence-electron chi connectivity index (χ0n) is 9.91. The van der Waals surface area contributed by atoms with Crippen molar-refractivity contribution >= 4 is 43.5 Å². The lowest BCUT2D eigenvalue weighted by molar-refractivity contribution is -0.125. The van der Waals surface area contributed by atoms with Gasteiger partial charge in [0, 0.05) is 22.0 Å². The number of hydrogen-bond acceptors (Lipinski definition) is 3. The first-order valence-corrected chi connectivity index (χ1v) is 7.14. The number of halogens is 2. The molecule has 0 atom stereocenters. The van der Waals surface area contributed by atoms with E-state index in [1.54, 1.807) is 6.92 Å². The van der Waals surface area contributed by atoms with Gasteiger partial charge in [-0.05, 0) is 41.1 Å². The Hall–Kier alpha value is -0.430. The summed E-state index contributed by atoms with van der Waals surface area (Å²) in [7, 11) is 0. The number of anilines is 1. The molecule has 1 aromatic rings. The first-order valence-electron chi connectivity index (χ1n) is 5.55. The summed E-state index contributed by atoms with van der Waals surface area (Å²) in [4.78, 5) is 13.7. The molecular formula is C12H14Br2N2O2. The molecule has 2 rings (SSSR count). The van der Waals surface area contributed by atoms with E-state index in [9.17, 15) is 9.90 Å². The molecule has 1 heterocycles. The summed E-state index contributed by atoms with van der Waals surface area (Å²) in [5.74, 6) is -0.0754. The highest BCUT2D eigenvalue weighted by Crippen LogP contribution is 2.26. The van der Waals surface area contributed by atoms with E-state index in [0.717, 1.165) is 14.6 Å². The highest BCUT2D eigenvalue weighted by Gasteiger charge is 2.37. The van der Waals surface area contributed by atoms with Gasteiger partial charge in [-0.15, -0.1) is 0 Å². The third kappa shape index (κ3) is 3.54. The number of nitrogens with one attached hydrogen (secondary N) is 1. The molecule has 1 aromatic carbocycles. The number of benzene rings is 1. The van der Waals surface area contributed by atoms with Gasteiger partial charge in [-0.1, -0.05) is 15.9 Å². The minimum absolute atomic E-state index is 0.0754. The number of carbonyl (C=O) groups excluding carboxylic acids is 1. The predicted octanol–water partition coefficient (Wildman–Crippen LogP) is 2.22. The van der Waals surface area contributed by atoms with Crippen LogP contribution in [0.5, 0.6) is 0 Å². The fraction of sp³-hybridized carbons (Fsp3) is 0.417. The molecule has 1 aliphatic rings. The number of amides is 1. The van der Waals surface area contributed by atoms with Gasteiger partial charge in [0.15, 0.2) is 0 Å². The monoisotopic (exact) mass is 376 g/mol. The summed E-state index contributed by atoms with van der Waals surface area (Å²) in [6, 6.07) is 5.58. The van der Waals surface area contributed by atoms with Crippen LogP contribution in [-0.4, -0.2) is 41.1 Å². The Balaban J connectivity index is 1.88. The summed E-state index contributed by atoms with van der Waals surface area (Å²) in [6.07, 6.45) is 0. The van der Waals surface area contributed by atoms with Gasteiger partial charge in [0.2, 0.25) is 5.91 Å². The molecule has 0 saturated carbocycles. The van der Waals surface area contributed by atoms with Gasteiger partial charge in [0.1, 0.15) is 0 Å². The Bertz CT molecular complexity index is 469. The van der Waals surface area contributed by atoms with Crippen molar-refractivity contribution in [3.63, 3.8) is 0 Å². The van der Waals surface area contributed by atoms with Crippen molar-refractivity contribution in [1.82, 2.24) is 4.90 Å². The van der Waals surface area contributed by atoms with Crippen LogP contribution in [0.15, 0.2) is 27.1 Å². The molecule has 1 amide bonds. The highest BCUT2D eigenvalue weighted by atomic mass is 79.9. The number of β-amino-alcohol motifs (C(OH)–C–C–N with tert-alkyl or cyclic N) is 1. The van der Waals surface area contributed by atoms with Crippen molar-refractivity contribution in [2.45, 2.75) is 12.5 Å². The standard InChI is InChI=1S/C12H14Br2N2O2/c1-12(18)6-16(7-12)5-11(17)15-10-3-2-8(13)4-9(10)14/h2-4,18H,5-7H2,1H3,(H,15,17). The first kappa shape index (κ1) is 14.0. The molecular weight excluding hydrogens is 364 g/mol. The van der Waals surface area contributed by atoms with Crippen LogP contribution in [0.3, 0.4) is 0 Å². The molecule has 0 bridgehead atoms. The van der Waals surface area contributed by atoms with Crippen LogP contribution in [-0.2, 0) is 4.79 Å². The van der Waals surface area contributed by atoms with E-state index >= 15 is 0 Å². The Morgan fingerprint density at radius 2 is 2.17 bits per heavy atom. The molecule has 18 heavy (non-hydrogen) atoms. The molecule has 1 fully saturated rings. The van der Waals surface area contributed by atoms with Gasteiger partial charge in [-0.2, -0.15) is 0 Å². The van der Waals surface area contributed by atoms with E-state index < -0.39 is 5.60 Å². The molecule has 6 heteroatoms. The number of nitrogens with zero attached hydrogens (tertiary/aromatic N) is 1. The normalized spacial score (nSPS) is 18.2. The number of likely N-dealkylation sites (tertiary alicyclic amines) is 1. The van der Waals surface area contributed by atoms with Crippen LogP contribution in [0.25, 0.3) is 0 Å². The van der Waals surface area contributed by atoms with E-state index in [1.165, 1.54) is 0 Å². The fourth-order valence-electron chi connectivity index (χ4n) is 2.01. The summed E-state index contributed by atoms with van der Waals surface area (Å²) in [5.41, 5.74) is 0.105. The third-order valence-corrected chi connectivity index (χ3v) is 3.85. The number of aliphatic hydroxyl groups is 1. The van der Waals surface area contributed by atoms with Gasteiger partial charge in [-0.3, -0.25) is 9.69 Å². The molecule has 0 aromatic heterocycles. The van der Waals surface area contributed by atoms with E-state index in [4.69, 9.17) is 0 Å². The molecule has 1 saturated heterocycles. The molecule has 1 aliphatic heterocycles. The van der Waals surface area contributed by atoms with Crippen LogP contribution in [0.2, 0.25) is 0 Å². The molecule has 0 unspecified atom stereocenters. The molecule has 98 valence electrons. The lowest BCUT2D eigenvalue weighted by atomic mass is 9.97. The number of rotatable bonds is 3. The van der Waals surface area contributed by atoms with Crippen LogP contribution in [0.4, 0.5) is 5.69 Å². The van der Waals surface area contributed by atoms with Crippen LogP contribution in [0, 0.1) is 0 Å². The second kappa shape index (κ2) is 5.28. The van der Waals surface area contributed by atoms with Crippen molar-refractivity contribution in [3.05, 3.63) is 27.1 Å². The van der Waals surface area contributed by atoms with Gasteiger partial charge in [0.05, 0.1) is 17.8 Å². The van der Waals surface area contributed by atoms with E-state index in [0.29, 0.717) is 19.6 Å². The lowest BCUT2D eigenvalue weighted by Gasteiger charge is -2.43. The summed E-state index contributed by atoms with van der Waals surface area (Å²) in [6.45, 7) is 3.16. The van der Waals surface area contributed by atoms with Crippen molar-refractivity contribution in [3.8, 4) is 0 Å². The first-order chi connectivity index (χ1) is 8.35. The Labute approximate surface area is 123 Å². The van der Waals surface area contributed by atoms with Gasteiger partial charge in [-0.25, -0.2) is 0 Å². The second-order valence-electron chi connectivity index (χ2n) is 4.81. The minimum Gasteiger partial charge on any atom is -0.388 e. The number of hydrogen-bond donors (Lipinski definition) is 2. The molecule has 0 radical (unpaired) electrons. The lowest BCUT2D eigenvalue weighted by Crippen LogP contribution is -2.61. The summed E-state index contributed by atoms with van der Waals surface area (Å²) >= 11 is 6.75. The average Bonchev–Trinajstić information content (AvgIpc) is 2.19. The SMILES string of the molecule is CC1(O)CN(CC(=O)Nc2ccc(Br)cc2Br)C1. The van der Waals surface area contributed by atoms with Crippen LogP contribution < -0.4 is 5.32 Å². The van der Waals surface area contributed by atoms with E-state index in [-0.39, 0.29) is 5.91 Å². The van der Waals surface area contributed by atoms with Crippen LogP contribution >= 0.6 is 31.9 Å². The van der Waals surface area contributed by atoms with Gasteiger partial charge >= 0.3 is 0 Å². The van der Waals surface area contributed by atoms with Gasteiger partial charge in [0.25, 0.3) is 0 Å². The van der Waals surface area contributed by atoms with Crippen molar-refractivity contribution in [2.24, 2.45) is 0 Å². The predicted molar refractivity (Wildman–Crippen MR) is 77.5 cm³/mol. The second-order valence-corrected chi connectivity index (χ2v) is 6.58. The summed E-state index contributed by atoms with van der Waals surface area (Å²) < 4.78 is 1.78. The Kier molecular flexibility index (Phi) is 4.11. The quantitative estimate of drug-likeness (QED) is 0.849. The third-order valence-electron chi connectivity index (χ3n) is 2.70. The van der Waals surface area contributed by atoms with Crippen molar-refractivity contribution < 1.29 is 9.90 Å². The molecule has 4 nitrogen and oxygen atoms in total. The van der Waals surface area contributed by atoms with Crippen LogP contribution in [0.1, 0.15) is 6.92 Å². The maximum Gasteiger partial charge on any atom is 0.238 e. The zero-order valence-corrected chi connectivity index (χ0v) is 13.1. The molecule has 2 N–H and O–H groups in total. The van der Waals surface area contributed by atoms with Gasteiger partial charge < -0.3 is 10.4 Å². The maximum absolute atomic E-state index is 11.8. The largest absolute Gasteiger partial charge is 0.388 e. The minimum atomic E-state index is -0.640. The van der Waals surface area contributed by atoms with Crippen molar-refractivity contribution in [2.75, 3.05) is 25.0 Å². The number of carbonyl (C=O) groups is 1. The Morgan fingerprint density at radius 3 is 2.72 bits per heavy atom.